The van der Waals surface area contributed by atoms with Gasteiger partial charge in [-0.15, -0.1) is 11.3 Å². The molecule has 1 aliphatic heterocycles. The number of fused-ring (bicyclic) bond motifs is 13. The lowest BCUT2D eigenvalue weighted by Gasteiger charge is -2.25. The van der Waals surface area contributed by atoms with E-state index in [-0.39, 0.29) is 12.0 Å². The molecule has 0 amide bonds. The van der Waals surface area contributed by atoms with Crippen molar-refractivity contribution >= 4 is 80.8 Å². The van der Waals surface area contributed by atoms with E-state index in [9.17, 15) is 0 Å². The highest BCUT2D eigenvalue weighted by Crippen LogP contribution is 2.51. The number of ether oxygens (including phenoxy) is 1. The van der Waals surface area contributed by atoms with Crippen molar-refractivity contribution in [1.29, 1.82) is 0 Å². The molecule has 2 atom stereocenters. The summed E-state index contributed by atoms with van der Waals surface area (Å²) in [4.78, 5) is 15.2. The topological polar surface area (TPSA) is 57.8 Å². The van der Waals surface area contributed by atoms with Gasteiger partial charge in [-0.05, 0) is 59.7 Å². The fourth-order valence-corrected chi connectivity index (χ4v) is 12.6. The van der Waals surface area contributed by atoms with E-state index in [1.165, 1.54) is 69.6 Å². The van der Waals surface area contributed by atoms with Gasteiger partial charge >= 0.3 is 0 Å². The highest BCUT2D eigenvalue weighted by molar-refractivity contribution is 7.27. The van der Waals surface area contributed by atoms with Crippen LogP contribution < -0.4 is 4.74 Å². The second-order valence-corrected chi connectivity index (χ2v) is 19.2. The Morgan fingerprint density at radius 1 is 0.429 bits per heavy atom. The fraction of sp³-hybridized carbons (Fsp3) is 0.0317. The summed E-state index contributed by atoms with van der Waals surface area (Å²) in [6.07, 6.45) is 6.41. The zero-order valence-corrected chi connectivity index (χ0v) is 38.4. The van der Waals surface area contributed by atoms with E-state index in [2.05, 4.69) is 173 Å². The third-order valence-corrected chi connectivity index (χ3v) is 15.6. The Kier molecular flexibility index (Phi) is 8.55. The Balaban J connectivity index is 0.855. The van der Waals surface area contributed by atoms with Crippen LogP contribution in [0.5, 0.6) is 5.75 Å². The highest BCUT2D eigenvalue weighted by Gasteiger charge is 2.40. The van der Waals surface area contributed by atoms with Crippen molar-refractivity contribution in [2.75, 3.05) is 0 Å². The van der Waals surface area contributed by atoms with Gasteiger partial charge in [0.2, 0.25) is 0 Å². The third kappa shape index (κ3) is 5.82. The van der Waals surface area contributed by atoms with Crippen LogP contribution in [0.1, 0.15) is 11.5 Å². The van der Waals surface area contributed by atoms with Crippen LogP contribution in [0, 0.1) is 0 Å². The van der Waals surface area contributed by atoms with Gasteiger partial charge in [-0.3, -0.25) is 0 Å². The van der Waals surface area contributed by atoms with Crippen LogP contribution in [0.3, 0.4) is 0 Å². The van der Waals surface area contributed by atoms with E-state index < -0.39 is 0 Å². The molecule has 2 aliphatic rings. The smallest absolute Gasteiger partial charge is 0.167 e. The molecule has 0 fully saturated rings. The molecule has 1 aliphatic carbocycles. The molecule has 9 aromatic carbocycles. The predicted molar refractivity (Wildman–Crippen MR) is 289 cm³/mol. The first-order chi connectivity index (χ1) is 34.7. The van der Waals surface area contributed by atoms with Crippen LogP contribution in [-0.2, 0) is 0 Å². The van der Waals surface area contributed by atoms with Crippen molar-refractivity contribution in [3.8, 4) is 56.7 Å². The van der Waals surface area contributed by atoms with Crippen LogP contribution in [0.15, 0.2) is 224 Å². The molecule has 7 heteroatoms. The van der Waals surface area contributed by atoms with E-state index in [0.29, 0.717) is 17.5 Å². The van der Waals surface area contributed by atoms with Gasteiger partial charge in [0.25, 0.3) is 0 Å². The van der Waals surface area contributed by atoms with Crippen LogP contribution >= 0.6 is 11.3 Å². The Labute approximate surface area is 406 Å². The molecule has 0 spiro atoms. The first kappa shape index (κ1) is 39.1. The first-order valence-corrected chi connectivity index (χ1v) is 24.6. The number of benzene rings is 9. The molecule has 0 radical (unpaired) electrons. The van der Waals surface area contributed by atoms with Crippen molar-refractivity contribution in [3.05, 3.63) is 230 Å². The molecule has 13 aromatic rings. The minimum absolute atomic E-state index is 0.00733. The zero-order valence-electron chi connectivity index (χ0n) is 37.6. The van der Waals surface area contributed by atoms with Crippen molar-refractivity contribution in [2.45, 2.75) is 12.0 Å². The van der Waals surface area contributed by atoms with Gasteiger partial charge in [0.05, 0.1) is 38.0 Å². The summed E-state index contributed by atoms with van der Waals surface area (Å²) in [7, 11) is 0. The standard InChI is InChI=1S/C63H39N5OS/c1-4-17-38(18-5-1)61-64-62(39-19-6-2-7-20-39)66-63(65-61)50-29-15-26-46-47-27-16-32-55(58(47)69-57(46)50)68-53-31-13-11-24-44(53)51-37-40(33-36-54(51)68)42-25-14-28-48-49-35-34-45-43-23-10-12-30-52(43)67(41-21-8-3-9-22-41)56(45)60(49)70-59(42)48/h1-37,47,58H. The van der Waals surface area contributed by atoms with Crippen LogP contribution in [-0.4, -0.2) is 30.2 Å². The number of para-hydroxylation sites is 4. The lowest BCUT2D eigenvalue weighted by Crippen LogP contribution is -2.24. The number of hydrogen-bond acceptors (Lipinski definition) is 5. The second kappa shape index (κ2) is 15.3. The van der Waals surface area contributed by atoms with E-state index in [0.717, 1.165) is 44.7 Å². The molecule has 0 N–H and O–H groups in total. The molecule has 328 valence electrons. The predicted octanol–water partition coefficient (Wildman–Crippen LogP) is 16.1. The van der Waals surface area contributed by atoms with E-state index in [4.69, 9.17) is 19.7 Å². The minimum atomic E-state index is -0.278. The average Bonchev–Trinajstić information content (AvgIpc) is 4.19. The zero-order chi connectivity index (χ0) is 45.9. The Bertz CT molecular complexity index is 4280. The van der Waals surface area contributed by atoms with Gasteiger partial charge in [-0.2, -0.15) is 0 Å². The van der Waals surface area contributed by atoms with Gasteiger partial charge in [-0.25, -0.2) is 15.0 Å². The molecule has 6 nitrogen and oxygen atoms in total. The van der Waals surface area contributed by atoms with Crippen molar-refractivity contribution in [1.82, 2.24) is 24.1 Å². The maximum absolute atomic E-state index is 7.24. The van der Waals surface area contributed by atoms with Crippen LogP contribution in [0.25, 0.3) is 120 Å². The maximum atomic E-state index is 7.24. The van der Waals surface area contributed by atoms with E-state index in [1.807, 2.05) is 72.0 Å². The quantitative estimate of drug-likeness (QED) is 0.167. The lowest BCUT2D eigenvalue weighted by atomic mass is 9.89. The fourth-order valence-electron chi connectivity index (χ4n) is 11.2. The SMILES string of the molecule is C1=CC2c3cccc(-c4nc(-c5ccccc5)nc(-c5ccccc5)n4)c3OC2C(n2c3ccccc3c3cc(-c4cccc5c4sc4c5ccc5c6ccccc6n(-c6ccccc6)c54)ccc32)=C1. The van der Waals surface area contributed by atoms with Gasteiger partial charge in [-0.1, -0.05) is 176 Å². The largest absolute Gasteiger partial charge is 0.482 e. The van der Waals surface area contributed by atoms with E-state index >= 15 is 0 Å². The Morgan fingerprint density at radius 3 is 1.77 bits per heavy atom. The average molecular weight is 914 g/mol. The third-order valence-electron chi connectivity index (χ3n) is 14.3. The Morgan fingerprint density at radius 2 is 1.01 bits per heavy atom. The molecule has 0 saturated carbocycles. The van der Waals surface area contributed by atoms with Gasteiger partial charge < -0.3 is 13.9 Å². The number of nitrogens with zero attached hydrogens (tertiary/aromatic N) is 5. The number of hydrogen-bond donors (Lipinski definition) is 0. The lowest BCUT2D eigenvalue weighted by molar-refractivity contribution is 0.273. The summed E-state index contributed by atoms with van der Waals surface area (Å²) in [5.41, 5.74) is 13.3. The molecule has 15 rings (SSSR count). The molecule has 0 bridgehead atoms. The number of thiophene rings is 1. The van der Waals surface area contributed by atoms with Gasteiger partial charge in [0.15, 0.2) is 17.5 Å². The summed E-state index contributed by atoms with van der Waals surface area (Å²) < 4.78 is 14.7. The molecule has 70 heavy (non-hydrogen) atoms. The monoisotopic (exact) mass is 913 g/mol. The second-order valence-electron chi connectivity index (χ2n) is 18.2. The maximum Gasteiger partial charge on any atom is 0.167 e. The summed E-state index contributed by atoms with van der Waals surface area (Å²) >= 11 is 1.90. The molecular weight excluding hydrogens is 875 g/mol. The number of rotatable bonds is 6. The van der Waals surface area contributed by atoms with Crippen molar-refractivity contribution < 1.29 is 4.74 Å². The van der Waals surface area contributed by atoms with Crippen molar-refractivity contribution in [2.24, 2.45) is 0 Å². The molecule has 0 saturated heterocycles. The van der Waals surface area contributed by atoms with Crippen LogP contribution in [0.2, 0.25) is 0 Å². The number of allylic oxidation sites excluding steroid dienone is 2. The number of aromatic nitrogens is 5. The summed E-state index contributed by atoms with van der Waals surface area (Å²) in [6.45, 7) is 0. The van der Waals surface area contributed by atoms with Crippen LogP contribution in [0.4, 0.5) is 0 Å². The summed E-state index contributed by atoms with van der Waals surface area (Å²) in [5.74, 6) is 2.62. The summed E-state index contributed by atoms with van der Waals surface area (Å²) in [6, 6.07) is 73.4. The molecular formula is C63H39N5OS. The minimum Gasteiger partial charge on any atom is -0.482 e. The highest BCUT2D eigenvalue weighted by atomic mass is 32.1. The summed E-state index contributed by atoms with van der Waals surface area (Å²) in [5, 5.41) is 7.50. The van der Waals surface area contributed by atoms with E-state index in [1.54, 1.807) is 0 Å². The Hall–Kier alpha value is -8.91. The normalized spacial score (nSPS) is 15.3. The molecule has 2 unspecified atom stereocenters. The van der Waals surface area contributed by atoms with Crippen molar-refractivity contribution in [3.63, 3.8) is 0 Å². The molecule has 5 heterocycles. The first-order valence-electron chi connectivity index (χ1n) is 23.8. The van der Waals surface area contributed by atoms with Gasteiger partial charge in [0.1, 0.15) is 11.9 Å². The van der Waals surface area contributed by atoms with Gasteiger partial charge in [0, 0.05) is 65.3 Å². The molecule has 4 aromatic heterocycles.